The number of rotatable bonds is 14. The minimum absolute atomic E-state index is 0.0959. The highest BCUT2D eigenvalue weighted by molar-refractivity contribution is 5.81. The molecule has 0 spiro atoms. The Hall–Kier alpha value is -1.32. The lowest BCUT2D eigenvalue weighted by atomic mass is 10.1. The fourth-order valence-electron chi connectivity index (χ4n) is 2.30. The molecule has 0 saturated carbocycles. The van der Waals surface area contributed by atoms with Gasteiger partial charge >= 0.3 is 11.9 Å². The molecule has 0 N–H and O–H groups in total. The van der Waals surface area contributed by atoms with Crippen LogP contribution in [-0.4, -0.2) is 26.2 Å². The third-order valence-electron chi connectivity index (χ3n) is 3.68. The number of carbonyl (C=O) groups is 2. The first kappa shape index (κ1) is 20.7. The van der Waals surface area contributed by atoms with Crippen molar-refractivity contribution in [3.05, 3.63) is 12.2 Å². The summed E-state index contributed by atoms with van der Waals surface area (Å²) < 4.78 is 9.13. The van der Waals surface area contributed by atoms with E-state index < -0.39 is 0 Å². The van der Waals surface area contributed by atoms with E-state index in [0.717, 1.165) is 25.7 Å². The molecule has 0 fully saturated rings. The molecule has 0 radical (unpaired) electrons. The van der Waals surface area contributed by atoms with Crippen LogP contribution in [0.25, 0.3) is 0 Å². The molecule has 0 heterocycles. The molecule has 22 heavy (non-hydrogen) atoms. The number of carbonyl (C=O) groups excluding carboxylic acids is 2. The van der Waals surface area contributed by atoms with Gasteiger partial charge in [-0.15, -0.1) is 0 Å². The molecule has 0 aromatic heterocycles. The second-order valence-electron chi connectivity index (χ2n) is 5.58. The number of unbranched alkanes of at least 4 members (excludes halogenated alkanes) is 10. The molecule has 0 saturated heterocycles. The van der Waals surface area contributed by atoms with Crippen molar-refractivity contribution in [2.45, 2.75) is 77.0 Å². The van der Waals surface area contributed by atoms with Gasteiger partial charge < -0.3 is 9.47 Å². The fraction of sp³-hybridized carbons (Fsp3) is 0.778. The Balaban J connectivity index is 3.13. The maximum atomic E-state index is 10.9. The van der Waals surface area contributed by atoms with E-state index in [1.807, 2.05) is 6.08 Å². The molecule has 128 valence electrons. The zero-order valence-electron chi connectivity index (χ0n) is 14.3. The summed E-state index contributed by atoms with van der Waals surface area (Å²) in [4.78, 5) is 21.7. The Morgan fingerprint density at radius 3 is 1.73 bits per heavy atom. The minimum atomic E-state index is -0.272. The molecule has 4 heteroatoms. The second-order valence-corrected chi connectivity index (χ2v) is 5.58. The standard InChI is InChI=1S/C18H32O4/c1-21-17(19)15-13-11-9-7-5-3-4-6-8-10-12-14-16-18(20)22-2/h13,15H,3-12,14,16H2,1-2H3/b15-13+. The third-order valence-corrected chi connectivity index (χ3v) is 3.68. The van der Waals surface area contributed by atoms with Crippen molar-refractivity contribution in [2.24, 2.45) is 0 Å². The molecule has 0 unspecified atom stereocenters. The van der Waals surface area contributed by atoms with Crippen LogP contribution in [0.3, 0.4) is 0 Å². The van der Waals surface area contributed by atoms with Crippen molar-refractivity contribution in [3.8, 4) is 0 Å². The summed E-state index contributed by atoms with van der Waals surface area (Å²) in [5, 5.41) is 0. The van der Waals surface area contributed by atoms with Crippen molar-refractivity contribution >= 4 is 11.9 Å². The largest absolute Gasteiger partial charge is 0.469 e. The molecule has 0 aliphatic carbocycles. The van der Waals surface area contributed by atoms with E-state index in [4.69, 9.17) is 0 Å². The van der Waals surface area contributed by atoms with E-state index in [1.54, 1.807) is 0 Å². The van der Waals surface area contributed by atoms with Gasteiger partial charge in [0.2, 0.25) is 0 Å². The molecule has 0 aromatic carbocycles. The fourth-order valence-corrected chi connectivity index (χ4v) is 2.30. The average Bonchev–Trinajstić information content (AvgIpc) is 2.54. The number of ether oxygens (including phenoxy) is 2. The highest BCUT2D eigenvalue weighted by Crippen LogP contribution is 2.12. The van der Waals surface area contributed by atoms with Gasteiger partial charge in [-0.25, -0.2) is 4.79 Å². The van der Waals surface area contributed by atoms with Gasteiger partial charge in [0.05, 0.1) is 14.2 Å². The van der Waals surface area contributed by atoms with Crippen LogP contribution in [0.4, 0.5) is 0 Å². The minimum Gasteiger partial charge on any atom is -0.469 e. The molecule has 0 amide bonds. The molecule has 0 atom stereocenters. The Bertz CT molecular complexity index is 310. The first-order valence-electron chi connectivity index (χ1n) is 8.52. The maximum Gasteiger partial charge on any atom is 0.330 e. The molecule has 0 aromatic rings. The van der Waals surface area contributed by atoms with Crippen LogP contribution >= 0.6 is 0 Å². The van der Waals surface area contributed by atoms with Crippen LogP contribution in [0.5, 0.6) is 0 Å². The summed E-state index contributed by atoms with van der Waals surface area (Å²) in [5.74, 6) is -0.368. The number of esters is 2. The summed E-state index contributed by atoms with van der Waals surface area (Å²) in [6.45, 7) is 0. The lowest BCUT2D eigenvalue weighted by Gasteiger charge is -2.02. The predicted octanol–water partition coefficient (Wildman–Crippen LogP) is 4.57. The van der Waals surface area contributed by atoms with E-state index in [9.17, 15) is 9.59 Å². The molecule has 4 nitrogen and oxygen atoms in total. The van der Waals surface area contributed by atoms with E-state index in [0.29, 0.717) is 6.42 Å². The quantitative estimate of drug-likeness (QED) is 0.268. The summed E-state index contributed by atoms with van der Waals surface area (Å²) in [7, 11) is 2.84. The average molecular weight is 312 g/mol. The molecular weight excluding hydrogens is 280 g/mol. The highest BCUT2D eigenvalue weighted by Gasteiger charge is 1.99. The Morgan fingerprint density at radius 1 is 0.727 bits per heavy atom. The zero-order valence-corrected chi connectivity index (χ0v) is 14.3. The second kappa shape index (κ2) is 16.1. The number of hydrogen-bond donors (Lipinski definition) is 0. The van der Waals surface area contributed by atoms with E-state index in [2.05, 4.69) is 9.47 Å². The first-order valence-corrected chi connectivity index (χ1v) is 8.52. The van der Waals surface area contributed by atoms with Crippen molar-refractivity contribution in [2.75, 3.05) is 14.2 Å². The van der Waals surface area contributed by atoms with Gasteiger partial charge in [0.1, 0.15) is 0 Å². The van der Waals surface area contributed by atoms with E-state index >= 15 is 0 Å². The van der Waals surface area contributed by atoms with E-state index in [1.165, 1.54) is 65.2 Å². The molecule has 0 rings (SSSR count). The van der Waals surface area contributed by atoms with E-state index in [-0.39, 0.29) is 11.9 Å². The molecule has 0 aliphatic rings. The predicted molar refractivity (Wildman–Crippen MR) is 88.6 cm³/mol. The summed E-state index contributed by atoms with van der Waals surface area (Å²) >= 11 is 0. The number of allylic oxidation sites excluding steroid dienone is 1. The van der Waals surface area contributed by atoms with Crippen LogP contribution in [0.2, 0.25) is 0 Å². The SMILES string of the molecule is COC(=O)/C=C/CCCCCCCCCCCCC(=O)OC. The Morgan fingerprint density at radius 2 is 1.23 bits per heavy atom. The van der Waals surface area contributed by atoms with Crippen LogP contribution < -0.4 is 0 Å². The van der Waals surface area contributed by atoms with Gasteiger partial charge in [0, 0.05) is 12.5 Å². The molecule has 0 bridgehead atoms. The van der Waals surface area contributed by atoms with Crippen molar-refractivity contribution < 1.29 is 19.1 Å². The summed E-state index contributed by atoms with van der Waals surface area (Å²) in [6, 6.07) is 0. The van der Waals surface area contributed by atoms with Crippen molar-refractivity contribution in [1.29, 1.82) is 0 Å². The van der Waals surface area contributed by atoms with Crippen LogP contribution in [0, 0.1) is 0 Å². The maximum absolute atomic E-state index is 10.9. The smallest absolute Gasteiger partial charge is 0.330 e. The highest BCUT2D eigenvalue weighted by atomic mass is 16.5. The van der Waals surface area contributed by atoms with Crippen molar-refractivity contribution in [3.63, 3.8) is 0 Å². The normalized spacial score (nSPS) is 10.8. The lowest BCUT2D eigenvalue weighted by molar-refractivity contribution is -0.140. The topological polar surface area (TPSA) is 52.6 Å². The van der Waals surface area contributed by atoms with Gasteiger partial charge in [-0.3, -0.25) is 4.79 Å². The Kier molecular flexibility index (Phi) is 15.1. The van der Waals surface area contributed by atoms with Crippen LogP contribution in [-0.2, 0) is 19.1 Å². The summed E-state index contributed by atoms with van der Waals surface area (Å²) in [5.41, 5.74) is 0. The Labute approximate surface area is 135 Å². The molecule has 0 aliphatic heterocycles. The van der Waals surface area contributed by atoms with Crippen molar-refractivity contribution in [1.82, 2.24) is 0 Å². The summed E-state index contributed by atoms with van der Waals surface area (Å²) in [6.07, 6.45) is 17.0. The number of hydrogen-bond acceptors (Lipinski definition) is 4. The first-order chi connectivity index (χ1) is 10.7. The number of methoxy groups -OCH3 is 2. The third kappa shape index (κ3) is 15.1. The van der Waals surface area contributed by atoms with Gasteiger partial charge in [-0.1, -0.05) is 57.4 Å². The monoisotopic (exact) mass is 312 g/mol. The van der Waals surface area contributed by atoms with Gasteiger partial charge in [-0.2, -0.15) is 0 Å². The van der Waals surface area contributed by atoms with Gasteiger partial charge in [0.15, 0.2) is 0 Å². The zero-order chi connectivity index (χ0) is 16.5. The van der Waals surface area contributed by atoms with Gasteiger partial charge in [0.25, 0.3) is 0 Å². The van der Waals surface area contributed by atoms with Crippen LogP contribution in [0.1, 0.15) is 77.0 Å². The lowest BCUT2D eigenvalue weighted by Crippen LogP contribution is -1.99. The molecular formula is C18H32O4. The van der Waals surface area contributed by atoms with Gasteiger partial charge in [-0.05, 0) is 19.3 Å². The van der Waals surface area contributed by atoms with Crippen LogP contribution in [0.15, 0.2) is 12.2 Å².